The van der Waals surface area contributed by atoms with Crippen molar-refractivity contribution in [3.63, 3.8) is 0 Å². The molecule has 4 heteroatoms. The Morgan fingerprint density at radius 1 is 1.29 bits per heavy atom. The average Bonchev–Trinajstić information content (AvgIpc) is 2.53. The van der Waals surface area contributed by atoms with Crippen molar-refractivity contribution in [2.45, 2.75) is 19.0 Å². The van der Waals surface area contributed by atoms with Crippen molar-refractivity contribution in [3.05, 3.63) is 58.1 Å². The van der Waals surface area contributed by atoms with E-state index in [9.17, 15) is 0 Å². The highest BCUT2D eigenvalue weighted by Gasteiger charge is 2.21. The lowest BCUT2D eigenvalue weighted by molar-refractivity contribution is 0.252. The maximum atomic E-state index is 5.72. The van der Waals surface area contributed by atoms with Crippen LogP contribution in [-0.4, -0.2) is 13.7 Å². The Morgan fingerprint density at radius 3 is 3.05 bits per heavy atom. The minimum Gasteiger partial charge on any atom is -0.497 e. The van der Waals surface area contributed by atoms with Crippen LogP contribution in [0.5, 0.6) is 11.5 Å². The van der Waals surface area contributed by atoms with E-state index in [0.29, 0.717) is 6.04 Å². The fourth-order valence-corrected chi connectivity index (χ4v) is 2.98. The Kier molecular flexibility index (Phi) is 4.46. The Hall–Kier alpha value is -1.52. The highest BCUT2D eigenvalue weighted by Crippen LogP contribution is 2.34. The molecule has 2 aromatic rings. The topological polar surface area (TPSA) is 30.5 Å². The van der Waals surface area contributed by atoms with Gasteiger partial charge in [0.05, 0.1) is 13.7 Å². The smallest absolute Gasteiger partial charge is 0.124 e. The first-order valence-corrected chi connectivity index (χ1v) is 7.84. The van der Waals surface area contributed by atoms with E-state index in [1.54, 1.807) is 7.11 Å². The molecule has 1 N–H and O–H groups in total. The van der Waals surface area contributed by atoms with Crippen molar-refractivity contribution in [2.75, 3.05) is 13.7 Å². The Balaban J connectivity index is 1.73. The van der Waals surface area contributed by atoms with Gasteiger partial charge in [0.2, 0.25) is 0 Å². The van der Waals surface area contributed by atoms with Crippen LogP contribution in [0.4, 0.5) is 0 Å². The number of halogens is 1. The van der Waals surface area contributed by atoms with Crippen molar-refractivity contribution in [2.24, 2.45) is 0 Å². The molecule has 1 atom stereocenters. The first-order chi connectivity index (χ1) is 10.3. The molecule has 1 aliphatic rings. The second kappa shape index (κ2) is 6.50. The molecule has 1 unspecified atom stereocenters. The number of hydrogen-bond acceptors (Lipinski definition) is 3. The van der Waals surface area contributed by atoms with Crippen LogP contribution in [0.3, 0.4) is 0 Å². The lowest BCUT2D eigenvalue weighted by Gasteiger charge is -2.27. The first-order valence-electron chi connectivity index (χ1n) is 7.05. The highest BCUT2D eigenvalue weighted by molar-refractivity contribution is 9.10. The molecule has 0 saturated heterocycles. The van der Waals surface area contributed by atoms with Gasteiger partial charge in [-0.3, -0.25) is 0 Å². The van der Waals surface area contributed by atoms with Gasteiger partial charge >= 0.3 is 0 Å². The van der Waals surface area contributed by atoms with E-state index in [0.717, 1.165) is 35.5 Å². The molecular weight excluding hydrogens is 330 g/mol. The molecule has 0 amide bonds. The highest BCUT2D eigenvalue weighted by atomic mass is 79.9. The maximum Gasteiger partial charge on any atom is 0.124 e. The molecule has 21 heavy (non-hydrogen) atoms. The minimum atomic E-state index is 0.317. The van der Waals surface area contributed by atoms with Gasteiger partial charge in [-0.1, -0.05) is 28.1 Å². The van der Waals surface area contributed by atoms with Gasteiger partial charge in [0, 0.05) is 29.0 Å². The normalized spacial score (nSPS) is 17.0. The molecule has 0 aliphatic carbocycles. The van der Waals surface area contributed by atoms with Crippen LogP contribution in [0.25, 0.3) is 0 Å². The maximum absolute atomic E-state index is 5.72. The molecule has 3 rings (SSSR count). The van der Waals surface area contributed by atoms with Crippen molar-refractivity contribution >= 4 is 15.9 Å². The van der Waals surface area contributed by atoms with Crippen LogP contribution in [0.2, 0.25) is 0 Å². The second-order valence-corrected chi connectivity index (χ2v) is 6.02. The summed E-state index contributed by atoms with van der Waals surface area (Å²) in [5.74, 6) is 1.87. The molecular formula is C17H18BrNO2. The first kappa shape index (κ1) is 14.4. The zero-order valence-corrected chi connectivity index (χ0v) is 13.5. The number of fused-ring (bicyclic) bond motifs is 1. The molecule has 0 bridgehead atoms. The molecule has 3 nitrogen and oxygen atoms in total. The van der Waals surface area contributed by atoms with Gasteiger partial charge in [-0.05, 0) is 35.9 Å². The van der Waals surface area contributed by atoms with E-state index in [1.165, 1.54) is 11.1 Å². The fraction of sp³-hybridized carbons (Fsp3) is 0.294. The summed E-state index contributed by atoms with van der Waals surface area (Å²) in [6.07, 6.45) is 0.980. The molecule has 0 radical (unpaired) electrons. The summed E-state index contributed by atoms with van der Waals surface area (Å²) in [5.41, 5.74) is 2.44. The molecule has 0 fully saturated rings. The lowest BCUT2D eigenvalue weighted by atomic mass is 10.0. The molecule has 0 spiro atoms. The van der Waals surface area contributed by atoms with Gasteiger partial charge < -0.3 is 14.8 Å². The Labute approximate surface area is 133 Å². The van der Waals surface area contributed by atoms with E-state index in [-0.39, 0.29) is 0 Å². The van der Waals surface area contributed by atoms with Crippen LogP contribution < -0.4 is 14.8 Å². The average molecular weight is 348 g/mol. The molecule has 1 aliphatic heterocycles. The Bertz CT molecular complexity index is 630. The number of methoxy groups -OCH3 is 1. The summed E-state index contributed by atoms with van der Waals surface area (Å²) in [4.78, 5) is 0. The fourth-order valence-electron chi connectivity index (χ4n) is 2.60. The summed E-state index contributed by atoms with van der Waals surface area (Å²) in [5, 5.41) is 3.62. The number of nitrogens with one attached hydrogen (secondary N) is 1. The lowest BCUT2D eigenvalue weighted by Crippen LogP contribution is -2.26. The van der Waals surface area contributed by atoms with Crippen LogP contribution >= 0.6 is 15.9 Å². The van der Waals surface area contributed by atoms with E-state index in [4.69, 9.17) is 9.47 Å². The predicted octanol–water partition coefficient (Wildman–Crippen LogP) is 4.07. The van der Waals surface area contributed by atoms with Crippen molar-refractivity contribution in [1.29, 1.82) is 0 Å². The van der Waals surface area contributed by atoms with Gasteiger partial charge in [0.25, 0.3) is 0 Å². The van der Waals surface area contributed by atoms with Gasteiger partial charge in [-0.25, -0.2) is 0 Å². The van der Waals surface area contributed by atoms with E-state index in [2.05, 4.69) is 39.4 Å². The number of hydrogen-bond donors (Lipinski definition) is 1. The number of benzene rings is 2. The van der Waals surface area contributed by atoms with Crippen LogP contribution in [-0.2, 0) is 6.54 Å². The zero-order chi connectivity index (χ0) is 14.7. The van der Waals surface area contributed by atoms with E-state index >= 15 is 0 Å². The third-order valence-corrected chi connectivity index (χ3v) is 4.19. The van der Waals surface area contributed by atoms with Gasteiger partial charge in [-0.2, -0.15) is 0 Å². The molecule has 0 saturated carbocycles. The van der Waals surface area contributed by atoms with Gasteiger partial charge in [0.1, 0.15) is 11.5 Å². The summed E-state index contributed by atoms with van der Waals surface area (Å²) in [6, 6.07) is 14.6. The van der Waals surface area contributed by atoms with E-state index < -0.39 is 0 Å². The number of ether oxygens (including phenoxy) is 2. The second-order valence-electron chi connectivity index (χ2n) is 5.10. The van der Waals surface area contributed by atoms with Crippen molar-refractivity contribution in [1.82, 2.24) is 5.32 Å². The SMILES string of the molecule is COc1cccc(CNC2CCOc3ccc(Br)cc32)c1. The van der Waals surface area contributed by atoms with Crippen molar-refractivity contribution < 1.29 is 9.47 Å². The predicted molar refractivity (Wildman–Crippen MR) is 86.8 cm³/mol. The largest absolute Gasteiger partial charge is 0.497 e. The van der Waals surface area contributed by atoms with Crippen LogP contribution in [0.1, 0.15) is 23.6 Å². The summed E-state index contributed by atoms with van der Waals surface area (Å²) in [6.45, 7) is 1.57. The zero-order valence-electron chi connectivity index (χ0n) is 11.9. The molecule has 110 valence electrons. The molecule has 2 aromatic carbocycles. The standard InChI is InChI=1S/C17H18BrNO2/c1-20-14-4-2-3-12(9-14)11-19-16-7-8-21-17-6-5-13(18)10-15(16)17/h2-6,9-10,16,19H,7-8,11H2,1H3. The third kappa shape index (κ3) is 3.39. The number of rotatable bonds is 4. The quantitative estimate of drug-likeness (QED) is 0.904. The molecule has 0 aromatic heterocycles. The summed E-state index contributed by atoms with van der Waals surface area (Å²) < 4.78 is 12.1. The van der Waals surface area contributed by atoms with E-state index in [1.807, 2.05) is 24.3 Å². The van der Waals surface area contributed by atoms with Crippen molar-refractivity contribution in [3.8, 4) is 11.5 Å². The van der Waals surface area contributed by atoms with Crippen LogP contribution in [0, 0.1) is 0 Å². The summed E-state index contributed by atoms with van der Waals surface area (Å²) >= 11 is 3.53. The Morgan fingerprint density at radius 2 is 2.19 bits per heavy atom. The monoisotopic (exact) mass is 347 g/mol. The minimum absolute atomic E-state index is 0.317. The van der Waals surface area contributed by atoms with Gasteiger partial charge in [-0.15, -0.1) is 0 Å². The third-order valence-electron chi connectivity index (χ3n) is 3.70. The van der Waals surface area contributed by atoms with Gasteiger partial charge in [0.15, 0.2) is 0 Å². The van der Waals surface area contributed by atoms with Crippen LogP contribution in [0.15, 0.2) is 46.9 Å². The molecule has 1 heterocycles. The summed E-state index contributed by atoms with van der Waals surface area (Å²) in [7, 11) is 1.69.